The number of benzene rings is 2. The van der Waals surface area contributed by atoms with E-state index in [1.54, 1.807) is 6.92 Å². The molecule has 2 aliphatic rings. The fourth-order valence-corrected chi connectivity index (χ4v) is 5.90. The molecule has 8 nitrogen and oxygen atoms in total. The number of piperidine rings is 1. The van der Waals surface area contributed by atoms with Gasteiger partial charge in [-0.25, -0.2) is 4.79 Å². The number of likely N-dealkylation sites (tertiary alicyclic amines) is 1. The van der Waals surface area contributed by atoms with Crippen molar-refractivity contribution in [2.24, 2.45) is 16.7 Å². The lowest BCUT2D eigenvalue weighted by molar-refractivity contribution is -0.172. The Morgan fingerprint density at radius 1 is 1.16 bits per heavy atom. The van der Waals surface area contributed by atoms with Crippen LogP contribution >= 0.6 is 11.6 Å². The Hall–Kier alpha value is -3.39. The van der Waals surface area contributed by atoms with Gasteiger partial charge < -0.3 is 14.8 Å². The van der Waals surface area contributed by atoms with Gasteiger partial charge in [0, 0.05) is 18.4 Å². The van der Waals surface area contributed by atoms with E-state index in [9.17, 15) is 19.2 Å². The van der Waals surface area contributed by atoms with E-state index in [0.29, 0.717) is 12.8 Å². The highest BCUT2D eigenvalue weighted by atomic mass is 35.5. The average Bonchev–Trinajstić information content (AvgIpc) is 3.07. The fraction of sp³-hybridized carbons (Fsp3) is 0.448. The first-order chi connectivity index (χ1) is 18.0. The number of methoxy groups -OCH3 is 1. The molecule has 0 spiro atoms. The summed E-state index contributed by atoms with van der Waals surface area (Å²) < 4.78 is 10.4. The Morgan fingerprint density at radius 2 is 1.84 bits per heavy atom. The molecule has 1 N–H and O–H groups in total. The number of halogens is 1. The van der Waals surface area contributed by atoms with Gasteiger partial charge in [-0.2, -0.15) is 0 Å². The Bertz CT molecular complexity index is 1280. The van der Waals surface area contributed by atoms with Gasteiger partial charge in [0.2, 0.25) is 17.7 Å². The minimum absolute atomic E-state index is 0.0881. The maximum atomic E-state index is 13.9. The van der Waals surface area contributed by atoms with E-state index in [1.807, 2.05) is 51.1 Å². The zero-order valence-corrected chi connectivity index (χ0v) is 23.1. The van der Waals surface area contributed by atoms with E-state index in [4.69, 9.17) is 21.1 Å². The molecule has 3 unspecified atom stereocenters. The van der Waals surface area contributed by atoms with Gasteiger partial charge in [0.1, 0.15) is 17.4 Å². The highest BCUT2D eigenvalue weighted by molar-refractivity contribution is 6.34. The average molecular weight is 541 g/mol. The van der Waals surface area contributed by atoms with E-state index in [2.05, 4.69) is 5.32 Å². The molecular formula is C29H33ClN2O6. The Balaban J connectivity index is 1.71. The summed E-state index contributed by atoms with van der Waals surface area (Å²) in [6.07, 6.45) is 1.33. The number of imide groups is 1. The Labute approximate surface area is 227 Å². The topological polar surface area (TPSA) is 102 Å². The standard InChI is InChI=1S/C29H33ClN2O6/c1-6-38-26(35)18-15-20(30)21(16-23(18)37-5)31-24(33)22(14-17-10-8-7-9-11-17)32-25(34)19-12-13-29(4,27(32)36)28(19,2)3/h7-11,15-16,19,22H,6,12-14H2,1-5H3,(H,31,33). The third-order valence-corrected chi connectivity index (χ3v) is 8.69. The number of hydrogen-bond donors (Lipinski definition) is 1. The molecule has 2 aromatic carbocycles. The predicted molar refractivity (Wildman–Crippen MR) is 143 cm³/mol. The summed E-state index contributed by atoms with van der Waals surface area (Å²) in [7, 11) is 1.39. The Kier molecular flexibility index (Phi) is 7.57. The van der Waals surface area contributed by atoms with Crippen molar-refractivity contribution in [3.05, 3.63) is 58.6 Å². The lowest BCUT2D eigenvalue weighted by Gasteiger charge is -2.49. The van der Waals surface area contributed by atoms with Crippen molar-refractivity contribution in [1.29, 1.82) is 0 Å². The number of nitrogens with zero attached hydrogens (tertiary/aromatic N) is 1. The van der Waals surface area contributed by atoms with Gasteiger partial charge in [-0.1, -0.05) is 62.7 Å². The summed E-state index contributed by atoms with van der Waals surface area (Å²) in [5.74, 6) is -2.02. The molecule has 1 saturated carbocycles. The minimum Gasteiger partial charge on any atom is -0.496 e. The summed E-state index contributed by atoms with van der Waals surface area (Å²) >= 11 is 6.44. The number of carbonyl (C=O) groups is 4. The normalized spacial score (nSPS) is 22.7. The van der Waals surface area contributed by atoms with Gasteiger partial charge in [0.25, 0.3) is 0 Å². The van der Waals surface area contributed by atoms with Gasteiger partial charge in [-0.3, -0.25) is 19.3 Å². The van der Waals surface area contributed by atoms with Gasteiger partial charge in [0.05, 0.1) is 29.8 Å². The molecular weight excluding hydrogens is 508 g/mol. The first-order valence-electron chi connectivity index (χ1n) is 12.7. The first kappa shape index (κ1) is 27.6. The van der Waals surface area contributed by atoms with E-state index >= 15 is 0 Å². The van der Waals surface area contributed by atoms with Crippen LogP contribution in [0.1, 0.15) is 56.5 Å². The number of rotatable bonds is 8. The van der Waals surface area contributed by atoms with Crippen molar-refractivity contribution in [2.45, 2.75) is 53.0 Å². The quantitative estimate of drug-likeness (QED) is 0.378. The van der Waals surface area contributed by atoms with E-state index < -0.39 is 28.7 Å². The van der Waals surface area contributed by atoms with Crippen molar-refractivity contribution in [1.82, 2.24) is 4.90 Å². The van der Waals surface area contributed by atoms with Crippen LogP contribution in [0.4, 0.5) is 5.69 Å². The molecule has 1 saturated heterocycles. The van der Waals surface area contributed by atoms with Gasteiger partial charge in [-0.15, -0.1) is 0 Å². The maximum Gasteiger partial charge on any atom is 0.341 e. The second-order valence-corrected chi connectivity index (χ2v) is 11.0. The van der Waals surface area contributed by atoms with Crippen LogP contribution in [-0.4, -0.2) is 48.3 Å². The zero-order valence-electron chi connectivity index (χ0n) is 22.3. The van der Waals surface area contributed by atoms with Crippen molar-refractivity contribution < 1.29 is 28.7 Å². The molecule has 38 heavy (non-hydrogen) atoms. The minimum atomic E-state index is -1.10. The largest absolute Gasteiger partial charge is 0.496 e. The van der Waals surface area contributed by atoms with Crippen LogP contribution in [0, 0.1) is 16.7 Å². The summed E-state index contributed by atoms with van der Waals surface area (Å²) in [6, 6.07) is 10.9. The lowest BCUT2D eigenvalue weighted by Crippen LogP contribution is -2.64. The second kappa shape index (κ2) is 10.4. The van der Waals surface area contributed by atoms with Gasteiger partial charge in [-0.05, 0) is 36.8 Å². The highest BCUT2D eigenvalue weighted by Gasteiger charge is 2.65. The predicted octanol–water partition coefficient (Wildman–Crippen LogP) is 4.89. The van der Waals surface area contributed by atoms with Crippen LogP contribution in [0.5, 0.6) is 5.75 Å². The molecule has 1 heterocycles. The monoisotopic (exact) mass is 540 g/mol. The number of carbonyl (C=O) groups excluding carboxylic acids is 4. The number of nitrogens with one attached hydrogen (secondary N) is 1. The number of amides is 3. The van der Waals surface area contributed by atoms with Crippen LogP contribution in [0.3, 0.4) is 0 Å². The van der Waals surface area contributed by atoms with E-state index in [-0.39, 0.29) is 52.8 Å². The molecule has 1 aliphatic heterocycles. The molecule has 9 heteroatoms. The van der Waals surface area contributed by atoms with E-state index in [0.717, 1.165) is 5.56 Å². The van der Waals surface area contributed by atoms with Crippen molar-refractivity contribution in [3.63, 3.8) is 0 Å². The third kappa shape index (κ3) is 4.55. The van der Waals surface area contributed by atoms with Crippen molar-refractivity contribution >= 4 is 41.0 Å². The highest BCUT2D eigenvalue weighted by Crippen LogP contribution is 2.60. The number of fused-ring (bicyclic) bond motifs is 2. The molecule has 2 aromatic rings. The number of ether oxygens (including phenoxy) is 2. The number of anilines is 1. The van der Waals surface area contributed by atoms with E-state index in [1.165, 1.54) is 24.1 Å². The van der Waals surface area contributed by atoms with Gasteiger partial charge in [0.15, 0.2) is 0 Å². The van der Waals surface area contributed by atoms with Crippen molar-refractivity contribution in [3.8, 4) is 5.75 Å². The molecule has 4 rings (SSSR count). The molecule has 0 aromatic heterocycles. The molecule has 2 bridgehead atoms. The molecule has 2 fully saturated rings. The third-order valence-electron chi connectivity index (χ3n) is 8.38. The summed E-state index contributed by atoms with van der Waals surface area (Å²) in [6.45, 7) is 7.67. The van der Waals surface area contributed by atoms with Crippen LogP contribution in [0.2, 0.25) is 5.02 Å². The van der Waals surface area contributed by atoms with Crippen LogP contribution < -0.4 is 10.1 Å². The molecule has 202 valence electrons. The van der Waals surface area contributed by atoms with Crippen LogP contribution in [-0.2, 0) is 25.5 Å². The summed E-state index contributed by atoms with van der Waals surface area (Å²) in [5, 5.41) is 2.86. The van der Waals surface area contributed by atoms with Crippen LogP contribution in [0.15, 0.2) is 42.5 Å². The maximum absolute atomic E-state index is 13.9. The smallest absolute Gasteiger partial charge is 0.341 e. The fourth-order valence-electron chi connectivity index (χ4n) is 5.69. The number of hydrogen-bond acceptors (Lipinski definition) is 6. The second-order valence-electron chi connectivity index (χ2n) is 10.6. The number of esters is 1. The van der Waals surface area contributed by atoms with Crippen molar-refractivity contribution in [2.75, 3.05) is 19.0 Å². The van der Waals surface area contributed by atoms with Gasteiger partial charge >= 0.3 is 5.97 Å². The lowest BCUT2D eigenvalue weighted by atomic mass is 9.62. The molecule has 0 radical (unpaired) electrons. The summed E-state index contributed by atoms with van der Waals surface area (Å²) in [4.78, 5) is 54.9. The first-order valence-corrected chi connectivity index (χ1v) is 13.1. The molecule has 3 atom stereocenters. The Morgan fingerprint density at radius 3 is 2.47 bits per heavy atom. The molecule has 3 amide bonds. The zero-order chi connectivity index (χ0) is 27.8. The van der Waals surface area contributed by atoms with Crippen LogP contribution in [0.25, 0.3) is 0 Å². The molecule has 1 aliphatic carbocycles. The summed E-state index contributed by atoms with van der Waals surface area (Å²) in [5.41, 5.74) is -0.164. The SMILES string of the molecule is CCOC(=O)c1cc(Cl)c(NC(=O)C(Cc2ccccc2)N2C(=O)C3CCC(C)(C2=O)C3(C)C)cc1OC.